The van der Waals surface area contributed by atoms with Gasteiger partial charge in [0.05, 0.1) is 0 Å². The average molecular weight is 235 g/mol. The van der Waals surface area contributed by atoms with Gasteiger partial charge in [-0.3, -0.25) is 9.78 Å². The second-order valence-electron chi connectivity index (χ2n) is 3.75. The van der Waals surface area contributed by atoms with Crippen LogP contribution in [0.25, 0.3) is 10.8 Å². The first-order valence-electron chi connectivity index (χ1n) is 5.69. The summed E-state index contributed by atoms with van der Waals surface area (Å²) in [5, 5.41) is 2.45. The summed E-state index contributed by atoms with van der Waals surface area (Å²) in [6, 6.07) is 19.3. The van der Waals surface area contributed by atoms with Crippen LogP contribution >= 0.6 is 0 Å². The van der Waals surface area contributed by atoms with Crippen LogP contribution in [0, 0.1) is 0 Å². The van der Waals surface area contributed by atoms with E-state index in [1.807, 2.05) is 48.8 Å². The normalized spacial score (nSPS) is 9.33. The summed E-state index contributed by atoms with van der Waals surface area (Å²) in [7, 11) is 0. The molecule has 0 unspecified atom stereocenters. The molecule has 0 fully saturated rings. The van der Waals surface area contributed by atoms with Gasteiger partial charge in [-0.2, -0.15) is 0 Å². The van der Waals surface area contributed by atoms with E-state index >= 15 is 0 Å². The Hall–Kier alpha value is -2.48. The molecule has 0 aliphatic carbocycles. The first kappa shape index (κ1) is 12.0. The Balaban J connectivity index is 0.000000138. The van der Waals surface area contributed by atoms with E-state index in [1.54, 1.807) is 12.1 Å². The van der Waals surface area contributed by atoms with Gasteiger partial charge in [-0.15, -0.1) is 0 Å². The van der Waals surface area contributed by atoms with E-state index < -0.39 is 0 Å². The van der Waals surface area contributed by atoms with Crippen molar-refractivity contribution in [3.8, 4) is 0 Å². The van der Waals surface area contributed by atoms with Crippen molar-refractivity contribution in [2.45, 2.75) is 0 Å². The van der Waals surface area contributed by atoms with Gasteiger partial charge in [0.25, 0.3) is 0 Å². The molecular formula is C16H13NO. The summed E-state index contributed by atoms with van der Waals surface area (Å²) < 4.78 is 0. The average Bonchev–Trinajstić information content (AvgIpc) is 2.49. The molecule has 3 aromatic rings. The van der Waals surface area contributed by atoms with Crippen LogP contribution in [0.5, 0.6) is 0 Å². The van der Waals surface area contributed by atoms with Gasteiger partial charge in [0.15, 0.2) is 0 Å². The molecular weight excluding hydrogens is 222 g/mol. The lowest BCUT2D eigenvalue weighted by Crippen LogP contribution is -1.73. The lowest BCUT2D eigenvalue weighted by molar-refractivity contribution is 0.112. The zero-order valence-corrected chi connectivity index (χ0v) is 9.86. The molecule has 0 saturated carbocycles. The topological polar surface area (TPSA) is 30.0 Å². The molecule has 1 heterocycles. The van der Waals surface area contributed by atoms with Crippen LogP contribution in [-0.4, -0.2) is 11.3 Å². The lowest BCUT2D eigenvalue weighted by atomic mass is 10.2. The molecule has 3 rings (SSSR count). The van der Waals surface area contributed by atoms with Crippen LogP contribution in [0.2, 0.25) is 0 Å². The number of fused-ring (bicyclic) bond motifs is 1. The van der Waals surface area contributed by atoms with Gasteiger partial charge >= 0.3 is 0 Å². The summed E-state index contributed by atoms with van der Waals surface area (Å²) >= 11 is 0. The number of carbonyl (C=O) groups is 1. The van der Waals surface area contributed by atoms with Crippen LogP contribution in [0.15, 0.2) is 73.1 Å². The fourth-order valence-electron chi connectivity index (χ4n) is 1.56. The van der Waals surface area contributed by atoms with E-state index in [4.69, 9.17) is 0 Å². The predicted octanol–water partition coefficient (Wildman–Crippen LogP) is 3.73. The highest BCUT2D eigenvalue weighted by Crippen LogP contribution is 2.09. The molecule has 0 atom stereocenters. The first-order valence-corrected chi connectivity index (χ1v) is 5.69. The molecule has 2 aromatic carbocycles. The van der Waals surface area contributed by atoms with Crippen molar-refractivity contribution in [3.63, 3.8) is 0 Å². The van der Waals surface area contributed by atoms with Gasteiger partial charge in [-0.05, 0) is 16.8 Å². The quantitative estimate of drug-likeness (QED) is 0.601. The van der Waals surface area contributed by atoms with Gasteiger partial charge in [-0.25, -0.2) is 0 Å². The van der Waals surface area contributed by atoms with Crippen molar-refractivity contribution in [1.82, 2.24) is 4.98 Å². The second-order valence-corrected chi connectivity index (χ2v) is 3.75. The maximum absolute atomic E-state index is 10.0. The summed E-state index contributed by atoms with van der Waals surface area (Å²) in [6.07, 6.45) is 4.51. The van der Waals surface area contributed by atoms with Gasteiger partial charge in [-0.1, -0.05) is 54.6 Å². The second kappa shape index (κ2) is 6.30. The molecule has 18 heavy (non-hydrogen) atoms. The Morgan fingerprint density at radius 1 is 0.778 bits per heavy atom. The maximum Gasteiger partial charge on any atom is 0.150 e. The highest BCUT2D eigenvalue weighted by Gasteiger charge is 1.86. The number of rotatable bonds is 1. The number of carbonyl (C=O) groups excluding carboxylic acids is 1. The van der Waals surface area contributed by atoms with Crippen LogP contribution in [0.1, 0.15) is 10.4 Å². The number of pyridine rings is 1. The lowest BCUT2D eigenvalue weighted by Gasteiger charge is -1.91. The van der Waals surface area contributed by atoms with Crippen molar-refractivity contribution in [2.75, 3.05) is 0 Å². The van der Waals surface area contributed by atoms with Crippen molar-refractivity contribution >= 4 is 17.1 Å². The monoisotopic (exact) mass is 235 g/mol. The Morgan fingerprint density at radius 2 is 1.44 bits per heavy atom. The highest BCUT2D eigenvalue weighted by molar-refractivity contribution is 5.80. The van der Waals surface area contributed by atoms with E-state index in [-0.39, 0.29) is 0 Å². The summed E-state index contributed by atoms with van der Waals surface area (Å²) in [4.78, 5) is 14.0. The molecule has 0 aliphatic heterocycles. The summed E-state index contributed by atoms with van der Waals surface area (Å²) in [6.45, 7) is 0. The minimum Gasteiger partial charge on any atom is -0.298 e. The molecule has 2 heteroatoms. The molecule has 2 nitrogen and oxygen atoms in total. The Kier molecular flexibility index (Phi) is 4.20. The van der Waals surface area contributed by atoms with E-state index in [9.17, 15) is 4.79 Å². The molecule has 0 N–H and O–H groups in total. The van der Waals surface area contributed by atoms with E-state index in [0.717, 1.165) is 11.8 Å². The molecule has 0 saturated heterocycles. The largest absolute Gasteiger partial charge is 0.298 e. The number of hydrogen-bond donors (Lipinski definition) is 0. The molecule has 88 valence electrons. The van der Waals surface area contributed by atoms with Crippen LogP contribution in [0.3, 0.4) is 0 Å². The Labute approximate surface area is 106 Å². The van der Waals surface area contributed by atoms with Gasteiger partial charge < -0.3 is 0 Å². The highest BCUT2D eigenvalue weighted by atomic mass is 16.1. The number of hydrogen-bond acceptors (Lipinski definition) is 2. The third kappa shape index (κ3) is 3.25. The van der Waals surface area contributed by atoms with Crippen molar-refractivity contribution < 1.29 is 4.79 Å². The fraction of sp³-hybridized carbons (Fsp3) is 0. The smallest absolute Gasteiger partial charge is 0.150 e. The molecule has 0 radical (unpaired) electrons. The minimum atomic E-state index is 0.729. The van der Waals surface area contributed by atoms with Crippen molar-refractivity contribution in [2.24, 2.45) is 0 Å². The zero-order chi connectivity index (χ0) is 12.6. The molecule has 0 aliphatic rings. The molecule has 0 spiro atoms. The predicted molar refractivity (Wildman–Crippen MR) is 73.6 cm³/mol. The van der Waals surface area contributed by atoms with Crippen molar-refractivity contribution in [3.05, 3.63) is 78.6 Å². The standard InChI is InChI=1S/C9H7N.C7H6O/c1-2-4-9-7-10-6-5-8(9)3-1;8-6-7-4-2-1-3-5-7/h1-7H;1-6H. The SMILES string of the molecule is O=Cc1ccccc1.c1ccc2cnccc2c1. The van der Waals surface area contributed by atoms with Crippen LogP contribution in [0.4, 0.5) is 0 Å². The third-order valence-corrected chi connectivity index (χ3v) is 2.49. The van der Waals surface area contributed by atoms with Gasteiger partial charge in [0.2, 0.25) is 0 Å². The summed E-state index contributed by atoms with van der Waals surface area (Å²) in [5.74, 6) is 0. The maximum atomic E-state index is 10.0. The third-order valence-electron chi connectivity index (χ3n) is 2.49. The van der Waals surface area contributed by atoms with Crippen LogP contribution in [-0.2, 0) is 0 Å². The van der Waals surface area contributed by atoms with E-state index in [0.29, 0.717) is 0 Å². The van der Waals surface area contributed by atoms with Gasteiger partial charge in [0, 0.05) is 18.0 Å². The molecule has 0 bridgehead atoms. The van der Waals surface area contributed by atoms with E-state index in [2.05, 4.69) is 17.1 Å². The molecule has 1 aromatic heterocycles. The Bertz CT molecular complexity index is 555. The molecule has 0 amide bonds. The fourth-order valence-corrected chi connectivity index (χ4v) is 1.56. The van der Waals surface area contributed by atoms with Gasteiger partial charge in [0.1, 0.15) is 6.29 Å². The summed E-state index contributed by atoms with van der Waals surface area (Å²) in [5.41, 5.74) is 0.729. The minimum absolute atomic E-state index is 0.729. The van der Waals surface area contributed by atoms with Crippen LogP contribution < -0.4 is 0 Å². The number of benzene rings is 2. The number of aromatic nitrogens is 1. The zero-order valence-electron chi connectivity index (χ0n) is 9.86. The van der Waals surface area contributed by atoms with E-state index in [1.165, 1.54) is 10.8 Å². The number of aldehydes is 1. The van der Waals surface area contributed by atoms with Crippen molar-refractivity contribution in [1.29, 1.82) is 0 Å². The number of nitrogens with zero attached hydrogens (tertiary/aromatic N) is 1. The Morgan fingerprint density at radius 3 is 2.06 bits per heavy atom. The first-order chi connectivity index (χ1) is 8.90.